The normalized spacial score (nSPS) is 10.4. The van der Waals surface area contributed by atoms with E-state index in [0.717, 1.165) is 0 Å². The molecule has 0 atom stereocenters. The van der Waals surface area contributed by atoms with Crippen molar-refractivity contribution in [3.63, 3.8) is 0 Å². The van der Waals surface area contributed by atoms with Gasteiger partial charge in [0.05, 0.1) is 7.11 Å². The average molecular weight is 349 g/mol. The van der Waals surface area contributed by atoms with Crippen LogP contribution in [0, 0.1) is 0 Å². The highest BCUT2D eigenvalue weighted by Crippen LogP contribution is 2.35. The number of hydrogen-bond acceptors (Lipinski definition) is 6. The molecule has 23 heavy (non-hydrogen) atoms. The second-order valence-electron chi connectivity index (χ2n) is 4.31. The first-order valence-corrected chi connectivity index (χ1v) is 7.25. The van der Waals surface area contributed by atoms with Gasteiger partial charge in [0.25, 0.3) is 0 Å². The predicted octanol–water partition coefficient (Wildman–Crippen LogP) is 4.04. The minimum absolute atomic E-state index is 0.0651. The van der Waals surface area contributed by atoms with Crippen molar-refractivity contribution in [1.29, 1.82) is 0 Å². The summed E-state index contributed by atoms with van der Waals surface area (Å²) < 4.78 is 10.8. The van der Waals surface area contributed by atoms with E-state index < -0.39 is 0 Å². The lowest BCUT2D eigenvalue weighted by Gasteiger charge is -2.10. The zero-order chi connectivity index (χ0) is 16.2. The van der Waals surface area contributed by atoms with Crippen LogP contribution in [0.2, 0.25) is 10.3 Å². The summed E-state index contributed by atoms with van der Waals surface area (Å²) >= 11 is 12.3. The van der Waals surface area contributed by atoms with Crippen molar-refractivity contribution >= 4 is 23.2 Å². The lowest BCUT2D eigenvalue weighted by Crippen LogP contribution is -1.98. The Balaban J connectivity index is 1.94. The summed E-state index contributed by atoms with van der Waals surface area (Å²) in [6, 6.07) is 8.70. The van der Waals surface area contributed by atoms with Gasteiger partial charge in [-0.3, -0.25) is 0 Å². The van der Waals surface area contributed by atoms with Gasteiger partial charge in [-0.25, -0.2) is 19.9 Å². The van der Waals surface area contributed by atoms with Crippen LogP contribution in [-0.2, 0) is 0 Å². The van der Waals surface area contributed by atoms with E-state index in [0.29, 0.717) is 17.3 Å². The highest BCUT2D eigenvalue weighted by atomic mass is 35.5. The number of benzene rings is 1. The van der Waals surface area contributed by atoms with E-state index in [2.05, 4.69) is 19.9 Å². The summed E-state index contributed by atoms with van der Waals surface area (Å²) in [5.74, 6) is 1.84. The van der Waals surface area contributed by atoms with Crippen molar-refractivity contribution in [2.24, 2.45) is 0 Å². The molecule has 0 saturated carbocycles. The molecule has 0 aliphatic heterocycles. The Bertz CT molecular complexity index is 808. The molecule has 2 heterocycles. The number of hydrogen-bond donors (Lipinski definition) is 0. The largest absolute Gasteiger partial charge is 0.497 e. The first-order chi connectivity index (χ1) is 11.2. The van der Waals surface area contributed by atoms with Crippen LogP contribution in [-0.4, -0.2) is 27.0 Å². The van der Waals surface area contributed by atoms with Crippen molar-refractivity contribution in [3.05, 3.63) is 53.0 Å². The smallest absolute Gasteiger partial charge is 0.201 e. The summed E-state index contributed by atoms with van der Waals surface area (Å²) in [4.78, 5) is 16.4. The summed E-state index contributed by atoms with van der Waals surface area (Å²) in [5.41, 5.74) is 0. The zero-order valence-electron chi connectivity index (χ0n) is 11.9. The molecule has 0 radical (unpaired) electrons. The van der Waals surface area contributed by atoms with Gasteiger partial charge in [-0.1, -0.05) is 29.3 Å². The average Bonchev–Trinajstić information content (AvgIpc) is 2.59. The molecule has 0 saturated heterocycles. The molecule has 0 fully saturated rings. The molecule has 0 aliphatic carbocycles. The molecule has 0 aliphatic rings. The number of rotatable bonds is 4. The molecule has 0 spiro atoms. The number of aromatic nitrogens is 4. The molecular formula is C15H10Cl2N4O2. The Kier molecular flexibility index (Phi) is 4.55. The van der Waals surface area contributed by atoms with E-state index >= 15 is 0 Å². The van der Waals surface area contributed by atoms with Gasteiger partial charge in [0, 0.05) is 18.5 Å². The second-order valence-corrected chi connectivity index (χ2v) is 5.03. The number of ether oxygens (including phenoxy) is 2. The van der Waals surface area contributed by atoms with E-state index in [9.17, 15) is 0 Å². The first kappa shape index (κ1) is 15.5. The van der Waals surface area contributed by atoms with Crippen molar-refractivity contribution in [2.45, 2.75) is 0 Å². The van der Waals surface area contributed by atoms with Gasteiger partial charge in [-0.05, 0) is 18.2 Å². The molecule has 8 heteroatoms. The molecule has 0 N–H and O–H groups in total. The highest BCUT2D eigenvalue weighted by Gasteiger charge is 2.16. The van der Waals surface area contributed by atoms with Crippen LogP contribution in [0.4, 0.5) is 0 Å². The van der Waals surface area contributed by atoms with Gasteiger partial charge in [-0.15, -0.1) is 0 Å². The van der Waals surface area contributed by atoms with E-state index in [-0.39, 0.29) is 21.9 Å². The summed E-state index contributed by atoms with van der Waals surface area (Å²) in [6.45, 7) is 0. The summed E-state index contributed by atoms with van der Waals surface area (Å²) in [7, 11) is 1.57. The summed E-state index contributed by atoms with van der Waals surface area (Å²) in [6.07, 6.45) is 3.16. The van der Waals surface area contributed by atoms with Crippen LogP contribution in [0.5, 0.6) is 17.2 Å². The van der Waals surface area contributed by atoms with Crippen molar-refractivity contribution in [1.82, 2.24) is 19.9 Å². The Morgan fingerprint density at radius 3 is 2.17 bits per heavy atom. The fourth-order valence-electron chi connectivity index (χ4n) is 1.78. The quantitative estimate of drug-likeness (QED) is 0.662. The number of nitrogens with zero attached hydrogens (tertiary/aromatic N) is 4. The molecule has 1 aromatic carbocycles. The maximum absolute atomic E-state index is 6.16. The van der Waals surface area contributed by atoms with Crippen molar-refractivity contribution < 1.29 is 9.47 Å². The van der Waals surface area contributed by atoms with E-state index in [1.54, 1.807) is 49.8 Å². The highest BCUT2D eigenvalue weighted by molar-refractivity contribution is 6.35. The third-order valence-corrected chi connectivity index (χ3v) is 3.32. The van der Waals surface area contributed by atoms with Gasteiger partial charge in [-0.2, -0.15) is 0 Å². The molecule has 0 bridgehead atoms. The zero-order valence-corrected chi connectivity index (χ0v) is 13.4. The standard InChI is InChI=1S/C15H10Cl2N4O2/c1-22-9-4-2-5-10(8-9)23-11-12(16)20-15(21-13(11)17)14-18-6-3-7-19-14/h2-8H,1H3. The minimum atomic E-state index is 0.0651. The van der Waals surface area contributed by atoms with Crippen LogP contribution in [0.3, 0.4) is 0 Å². The molecule has 0 unspecified atom stereocenters. The fourth-order valence-corrected chi connectivity index (χ4v) is 2.24. The lowest BCUT2D eigenvalue weighted by atomic mass is 10.3. The minimum Gasteiger partial charge on any atom is -0.497 e. The monoisotopic (exact) mass is 348 g/mol. The molecule has 3 aromatic rings. The second kappa shape index (κ2) is 6.76. The van der Waals surface area contributed by atoms with E-state index in [1.807, 2.05) is 0 Å². The van der Waals surface area contributed by atoms with Crippen LogP contribution in [0.1, 0.15) is 0 Å². The SMILES string of the molecule is COc1cccc(Oc2c(Cl)nc(-c3ncccn3)nc2Cl)c1. The molecule has 6 nitrogen and oxygen atoms in total. The van der Waals surface area contributed by atoms with Crippen molar-refractivity contribution in [3.8, 4) is 28.9 Å². The molecule has 116 valence electrons. The topological polar surface area (TPSA) is 70.0 Å². The van der Waals surface area contributed by atoms with Gasteiger partial charge >= 0.3 is 0 Å². The maximum Gasteiger partial charge on any atom is 0.201 e. The number of halogens is 2. The maximum atomic E-state index is 6.16. The van der Waals surface area contributed by atoms with Crippen LogP contribution in [0.15, 0.2) is 42.7 Å². The predicted molar refractivity (Wildman–Crippen MR) is 86.1 cm³/mol. The Hall–Kier alpha value is -2.44. The van der Waals surface area contributed by atoms with E-state index in [4.69, 9.17) is 32.7 Å². The molecule has 0 amide bonds. The Labute approximate surface area is 142 Å². The molecule has 3 rings (SSSR count). The van der Waals surface area contributed by atoms with Gasteiger partial charge < -0.3 is 9.47 Å². The van der Waals surface area contributed by atoms with Crippen molar-refractivity contribution in [2.75, 3.05) is 7.11 Å². The number of methoxy groups -OCH3 is 1. The van der Waals surface area contributed by atoms with E-state index in [1.165, 1.54) is 0 Å². The molecular weight excluding hydrogens is 339 g/mol. The Morgan fingerprint density at radius 2 is 1.52 bits per heavy atom. The van der Waals surface area contributed by atoms with Gasteiger partial charge in [0.1, 0.15) is 11.5 Å². The van der Waals surface area contributed by atoms with Crippen LogP contribution >= 0.6 is 23.2 Å². The molecule has 2 aromatic heterocycles. The lowest BCUT2D eigenvalue weighted by molar-refractivity contribution is 0.408. The third-order valence-electron chi connectivity index (χ3n) is 2.81. The fraction of sp³-hybridized carbons (Fsp3) is 0.0667. The van der Waals surface area contributed by atoms with Crippen LogP contribution < -0.4 is 9.47 Å². The van der Waals surface area contributed by atoms with Gasteiger partial charge in [0.2, 0.25) is 11.6 Å². The van der Waals surface area contributed by atoms with Gasteiger partial charge in [0.15, 0.2) is 16.1 Å². The summed E-state index contributed by atoms with van der Waals surface area (Å²) in [5, 5.41) is 0.130. The first-order valence-electron chi connectivity index (χ1n) is 6.49. The Morgan fingerprint density at radius 1 is 0.870 bits per heavy atom. The third kappa shape index (κ3) is 3.49. The van der Waals surface area contributed by atoms with Crippen LogP contribution in [0.25, 0.3) is 11.6 Å².